The van der Waals surface area contributed by atoms with Crippen molar-refractivity contribution < 1.29 is 19.1 Å². The summed E-state index contributed by atoms with van der Waals surface area (Å²) in [6, 6.07) is 8.02. The maximum atomic E-state index is 13.3. The molecule has 0 aromatic heterocycles. The average molecular weight is 431 g/mol. The molecule has 30 heavy (non-hydrogen) atoms. The Balaban J connectivity index is 1.80. The third kappa shape index (κ3) is 3.01. The highest BCUT2D eigenvalue weighted by atomic mass is 32.2. The summed E-state index contributed by atoms with van der Waals surface area (Å²) in [6.45, 7) is 4.99. The highest BCUT2D eigenvalue weighted by Crippen LogP contribution is 2.58. The molecule has 0 spiro atoms. The normalized spacial score (nSPS) is 31.0. The summed E-state index contributed by atoms with van der Waals surface area (Å²) in [6.07, 6.45) is 3.46. The van der Waals surface area contributed by atoms with Crippen LogP contribution < -0.4 is 0 Å². The number of rotatable bonds is 6. The summed E-state index contributed by atoms with van der Waals surface area (Å²) >= 11 is 1.81. The predicted molar refractivity (Wildman–Crippen MR) is 115 cm³/mol. The quantitative estimate of drug-likeness (QED) is 0.392. The van der Waals surface area contributed by atoms with Gasteiger partial charge < -0.3 is 4.74 Å². The molecule has 6 nitrogen and oxygen atoms in total. The summed E-state index contributed by atoms with van der Waals surface area (Å²) in [4.78, 5) is 44.5. The Kier molecular flexibility index (Phi) is 5.95. The minimum atomic E-state index is -1.05. The maximum Gasteiger partial charge on any atom is 0.327 e. The Labute approximate surface area is 182 Å². The topological polar surface area (TPSA) is 66.9 Å². The lowest BCUT2D eigenvalue weighted by Gasteiger charge is -2.44. The Morgan fingerprint density at radius 1 is 1.17 bits per heavy atom. The van der Waals surface area contributed by atoms with E-state index in [1.807, 2.05) is 18.7 Å². The predicted octanol–water partition coefficient (Wildman–Crippen LogP) is 3.26. The van der Waals surface area contributed by atoms with E-state index in [2.05, 4.69) is 36.1 Å². The number of nitrogens with zero attached hydrogens (tertiary/aromatic N) is 2. The number of likely N-dealkylation sites (tertiary alicyclic amines) is 1. The van der Waals surface area contributed by atoms with Gasteiger partial charge in [0.2, 0.25) is 11.8 Å². The second kappa shape index (κ2) is 8.35. The third-order valence-electron chi connectivity index (χ3n) is 6.90. The standard InChI is InChI=1S/C23H30N2O4S/c1-4-14-30-16-10-8-15(9-11-16)19-17-18(21(27)24(5-2)20(17)26)23(22(28)29-3)12-6-7-13-25(19)23/h8-11,17-19H,4-7,12-14H2,1-3H3/t17-,18-,19+,23-/m0/s1. The number of hydrogen-bond donors (Lipinski definition) is 0. The molecule has 7 heteroatoms. The van der Waals surface area contributed by atoms with Gasteiger partial charge in [-0.2, -0.15) is 0 Å². The summed E-state index contributed by atoms with van der Waals surface area (Å²) in [5.74, 6) is -0.902. The third-order valence-corrected chi connectivity index (χ3v) is 8.12. The number of carbonyl (C=O) groups excluding carboxylic acids is 3. The maximum absolute atomic E-state index is 13.3. The number of thioether (sulfide) groups is 1. The van der Waals surface area contributed by atoms with E-state index >= 15 is 0 Å². The van der Waals surface area contributed by atoms with E-state index in [9.17, 15) is 14.4 Å². The van der Waals surface area contributed by atoms with Crippen LogP contribution in [0.2, 0.25) is 0 Å². The van der Waals surface area contributed by atoms with Crippen molar-refractivity contribution in [2.24, 2.45) is 11.8 Å². The highest BCUT2D eigenvalue weighted by Gasteiger charge is 2.72. The lowest BCUT2D eigenvalue weighted by molar-refractivity contribution is -0.164. The molecule has 0 N–H and O–H groups in total. The van der Waals surface area contributed by atoms with Gasteiger partial charge in [-0.05, 0) is 62.6 Å². The van der Waals surface area contributed by atoms with E-state index in [1.165, 1.54) is 16.9 Å². The van der Waals surface area contributed by atoms with Crippen LogP contribution in [0.25, 0.3) is 0 Å². The van der Waals surface area contributed by atoms with Crippen molar-refractivity contribution in [3.8, 4) is 0 Å². The molecular formula is C23H30N2O4S. The van der Waals surface area contributed by atoms with Crippen LogP contribution in [0.4, 0.5) is 0 Å². The van der Waals surface area contributed by atoms with Crippen LogP contribution in [-0.4, -0.2) is 59.1 Å². The van der Waals surface area contributed by atoms with Crippen LogP contribution in [0, 0.1) is 11.8 Å². The largest absolute Gasteiger partial charge is 0.468 e. The second-order valence-electron chi connectivity index (χ2n) is 8.35. The number of amides is 2. The Morgan fingerprint density at radius 2 is 1.90 bits per heavy atom. The molecule has 3 heterocycles. The number of esters is 1. The van der Waals surface area contributed by atoms with Gasteiger partial charge in [-0.3, -0.25) is 24.2 Å². The minimum Gasteiger partial charge on any atom is -0.468 e. The lowest BCUT2D eigenvalue weighted by Crippen LogP contribution is -2.59. The fourth-order valence-corrected chi connectivity index (χ4v) is 6.48. The average Bonchev–Trinajstić information content (AvgIpc) is 3.22. The summed E-state index contributed by atoms with van der Waals surface area (Å²) in [5.41, 5.74) is -0.0492. The molecule has 0 aliphatic carbocycles. The molecule has 3 fully saturated rings. The Hall–Kier alpha value is -1.86. The van der Waals surface area contributed by atoms with Gasteiger partial charge >= 0.3 is 5.97 Å². The van der Waals surface area contributed by atoms with Crippen molar-refractivity contribution in [3.05, 3.63) is 29.8 Å². The number of methoxy groups -OCH3 is 1. The van der Waals surface area contributed by atoms with Crippen LogP contribution in [0.1, 0.15) is 51.1 Å². The van der Waals surface area contributed by atoms with Crippen molar-refractivity contribution in [2.75, 3.05) is 26.0 Å². The molecule has 4 rings (SSSR count). The lowest BCUT2D eigenvalue weighted by atomic mass is 9.75. The van der Waals surface area contributed by atoms with Gasteiger partial charge in [-0.1, -0.05) is 19.1 Å². The first-order chi connectivity index (χ1) is 14.5. The fraction of sp³-hybridized carbons (Fsp3) is 0.609. The number of piperidine rings is 1. The van der Waals surface area contributed by atoms with Crippen LogP contribution in [0.3, 0.4) is 0 Å². The number of hydrogen-bond acceptors (Lipinski definition) is 6. The minimum absolute atomic E-state index is 0.153. The van der Waals surface area contributed by atoms with Gasteiger partial charge in [-0.25, -0.2) is 0 Å². The molecule has 0 radical (unpaired) electrons. The summed E-state index contributed by atoms with van der Waals surface area (Å²) < 4.78 is 5.24. The first kappa shape index (κ1) is 21.4. The molecule has 4 atom stereocenters. The van der Waals surface area contributed by atoms with Crippen LogP contribution in [-0.2, 0) is 19.1 Å². The summed E-state index contributed by atoms with van der Waals surface area (Å²) in [5, 5.41) is 0. The molecule has 1 aromatic carbocycles. The van der Waals surface area contributed by atoms with Gasteiger partial charge in [0.15, 0.2) is 0 Å². The fourth-order valence-electron chi connectivity index (χ4n) is 5.71. The zero-order valence-corrected chi connectivity index (χ0v) is 18.7. The van der Waals surface area contributed by atoms with Crippen molar-refractivity contribution in [2.45, 2.75) is 56.0 Å². The molecule has 162 valence electrons. The molecular weight excluding hydrogens is 400 g/mol. The SMILES string of the molecule is CCCSc1ccc([C@@H]2[C@H]3C(=O)N(CC)C(=O)[C@H]3[C@]3(C(=O)OC)CCCCN23)cc1. The zero-order chi connectivity index (χ0) is 21.5. The van der Waals surface area contributed by atoms with Crippen molar-refractivity contribution in [3.63, 3.8) is 0 Å². The number of imide groups is 1. The van der Waals surface area contributed by atoms with E-state index in [0.29, 0.717) is 19.5 Å². The molecule has 1 aromatic rings. The molecule has 0 saturated carbocycles. The van der Waals surface area contributed by atoms with Crippen LogP contribution in [0.5, 0.6) is 0 Å². The van der Waals surface area contributed by atoms with E-state index in [-0.39, 0.29) is 23.8 Å². The van der Waals surface area contributed by atoms with Crippen molar-refractivity contribution in [1.82, 2.24) is 9.80 Å². The molecule has 0 unspecified atom stereocenters. The van der Waals surface area contributed by atoms with Gasteiger partial charge in [0.25, 0.3) is 0 Å². The Morgan fingerprint density at radius 3 is 2.53 bits per heavy atom. The van der Waals surface area contributed by atoms with E-state index in [1.54, 1.807) is 0 Å². The monoisotopic (exact) mass is 430 g/mol. The van der Waals surface area contributed by atoms with E-state index < -0.39 is 17.4 Å². The van der Waals surface area contributed by atoms with Gasteiger partial charge in [0, 0.05) is 17.5 Å². The highest BCUT2D eigenvalue weighted by molar-refractivity contribution is 7.99. The molecule has 3 aliphatic heterocycles. The van der Waals surface area contributed by atoms with Gasteiger partial charge in [-0.15, -0.1) is 11.8 Å². The second-order valence-corrected chi connectivity index (χ2v) is 9.52. The van der Waals surface area contributed by atoms with E-state index in [4.69, 9.17) is 4.74 Å². The molecule has 2 amide bonds. The van der Waals surface area contributed by atoms with E-state index in [0.717, 1.165) is 30.6 Å². The molecule has 0 bridgehead atoms. The van der Waals surface area contributed by atoms with Crippen LogP contribution in [0.15, 0.2) is 29.2 Å². The zero-order valence-electron chi connectivity index (χ0n) is 17.9. The number of fused-ring (bicyclic) bond motifs is 3. The smallest absolute Gasteiger partial charge is 0.327 e. The van der Waals surface area contributed by atoms with Crippen molar-refractivity contribution in [1.29, 1.82) is 0 Å². The van der Waals surface area contributed by atoms with Crippen LogP contribution >= 0.6 is 11.8 Å². The Bertz CT molecular complexity index is 842. The first-order valence-electron chi connectivity index (χ1n) is 10.9. The molecule has 3 aliphatic rings. The number of benzene rings is 1. The summed E-state index contributed by atoms with van der Waals surface area (Å²) in [7, 11) is 1.38. The van der Waals surface area contributed by atoms with Crippen molar-refractivity contribution >= 4 is 29.5 Å². The number of ether oxygens (including phenoxy) is 1. The molecule has 3 saturated heterocycles. The van der Waals surface area contributed by atoms with Gasteiger partial charge in [0.05, 0.1) is 18.9 Å². The first-order valence-corrected chi connectivity index (χ1v) is 11.9. The van der Waals surface area contributed by atoms with Gasteiger partial charge in [0.1, 0.15) is 5.54 Å². The number of carbonyl (C=O) groups is 3.